The highest BCUT2D eigenvalue weighted by molar-refractivity contribution is 14.0. The summed E-state index contributed by atoms with van der Waals surface area (Å²) < 4.78 is 10.7. The number of methoxy groups -OCH3 is 2. The minimum absolute atomic E-state index is 0. The SMILES string of the molecule is CCNC(=NCc1ccc(N2CCN(C)CC2)nc1)NCc1ccc(OC)cc1OC.I. The minimum Gasteiger partial charge on any atom is -0.497 e. The van der Waals surface area contributed by atoms with Crippen molar-refractivity contribution in [1.82, 2.24) is 20.5 Å². The third kappa shape index (κ3) is 7.40. The third-order valence-electron chi connectivity index (χ3n) is 5.34. The number of halogens is 1. The summed E-state index contributed by atoms with van der Waals surface area (Å²) in [5.74, 6) is 3.35. The molecular formula is C23H35IN6O2. The Morgan fingerprint density at radius 1 is 1.06 bits per heavy atom. The fourth-order valence-corrected chi connectivity index (χ4v) is 3.42. The molecule has 176 valence electrons. The maximum absolute atomic E-state index is 5.48. The Kier molecular flexibility index (Phi) is 10.8. The number of anilines is 1. The zero-order valence-electron chi connectivity index (χ0n) is 19.4. The second-order valence-corrected chi connectivity index (χ2v) is 7.54. The monoisotopic (exact) mass is 554 g/mol. The molecule has 1 aromatic carbocycles. The molecule has 0 saturated carbocycles. The molecule has 2 heterocycles. The van der Waals surface area contributed by atoms with E-state index >= 15 is 0 Å². The summed E-state index contributed by atoms with van der Waals surface area (Å²) >= 11 is 0. The van der Waals surface area contributed by atoms with Crippen LogP contribution >= 0.6 is 24.0 Å². The molecule has 1 fully saturated rings. The lowest BCUT2D eigenvalue weighted by molar-refractivity contribution is 0.312. The summed E-state index contributed by atoms with van der Waals surface area (Å²) in [4.78, 5) is 14.0. The second kappa shape index (κ2) is 13.3. The van der Waals surface area contributed by atoms with Gasteiger partial charge in [0, 0.05) is 57.1 Å². The fraction of sp³-hybridized carbons (Fsp3) is 0.478. The van der Waals surface area contributed by atoms with E-state index in [0.29, 0.717) is 13.1 Å². The minimum atomic E-state index is 0. The van der Waals surface area contributed by atoms with Crippen LogP contribution in [0.25, 0.3) is 0 Å². The van der Waals surface area contributed by atoms with Crippen molar-refractivity contribution >= 4 is 35.8 Å². The summed E-state index contributed by atoms with van der Waals surface area (Å²) in [7, 11) is 5.47. The summed E-state index contributed by atoms with van der Waals surface area (Å²) in [6.07, 6.45) is 1.92. The number of rotatable bonds is 8. The molecule has 1 aliphatic rings. The molecule has 0 bridgehead atoms. The largest absolute Gasteiger partial charge is 0.497 e. The predicted octanol–water partition coefficient (Wildman–Crippen LogP) is 2.72. The van der Waals surface area contributed by atoms with Gasteiger partial charge >= 0.3 is 0 Å². The van der Waals surface area contributed by atoms with Crippen molar-refractivity contribution in [2.75, 3.05) is 58.9 Å². The summed E-state index contributed by atoms with van der Waals surface area (Å²) in [5.41, 5.74) is 2.12. The number of nitrogens with zero attached hydrogens (tertiary/aromatic N) is 4. The molecule has 2 N–H and O–H groups in total. The first kappa shape index (κ1) is 26.0. The molecule has 1 aromatic heterocycles. The number of hydrogen-bond acceptors (Lipinski definition) is 6. The number of pyridine rings is 1. The van der Waals surface area contributed by atoms with Crippen LogP contribution in [0.4, 0.5) is 5.82 Å². The molecule has 3 rings (SSSR count). The first-order chi connectivity index (χ1) is 15.1. The highest BCUT2D eigenvalue weighted by Gasteiger charge is 2.15. The Bertz CT molecular complexity index is 854. The molecule has 8 nitrogen and oxygen atoms in total. The summed E-state index contributed by atoms with van der Waals surface area (Å²) in [6, 6.07) is 10.0. The average Bonchev–Trinajstić information content (AvgIpc) is 2.81. The zero-order valence-corrected chi connectivity index (χ0v) is 21.8. The first-order valence-electron chi connectivity index (χ1n) is 10.7. The van der Waals surface area contributed by atoms with E-state index in [0.717, 1.165) is 67.1 Å². The molecule has 0 atom stereocenters. The van der Waals surface area contributed by atoms with Gasteiger partial charge in [-0.1, -0.05) is 6.07 Å². The van der Waals surface area contributed by atoms with Crippen LogP contribution in [0.1, 0.15) is 18.1 Å². The van der Waals surface area contributed by atoms with E-state index < -0.39 is 0 Å². The van der Waals surface area contributed by atoms with Gasteiger partial charge in [0.1, 0.15) is 17.3 Å². The van der Waals surface area contributed by atoms with Gasteiger partial charge in [-0.15, -0.1) is 24.0 Å². The predicted molar refractivity (Wildman–Crippen MR) is 141 cm³/mol. The lowest BCUT2D eigenvalue weighted by atomic mass is 10.2. The molecule has 9 heteroatoms. The molecule has 1 saturated heterocycles. The molecule has 0 unspecified atom stereocenters. The molecule has 0 aliphatic carbocycles. The molecular weight excluding hydrogens is 519 g/mol. The molecule has 0 spiro atoms. The standard InChI is InChI=1S/C23H34N6O2.HI/c1-5-24-23(27-17-19-7-8-20(30-3)14-21(19)31-4)26-16-18-6-9-22(25-15-18)29-12-10-28(2)11-13-29;/h6-9,14-15H,5,10-13,16-17H2,1-4H3,(H2,24,26,27);1H. The lowest BCUT2D eigenvalue weighted by Gasteiger charge is -2.33. The Morgan fingerprint density at radius 2 is 1.84 bits per heavy atom. The van der Waals surface area contributed by atoms with Crippen LogP contribution in [0.3, 0.4) is 0 Å². The van der Waals surface area contributed by atoms with Crippen molar-refractivity contribution in [2.24, 2.45) is 4.99 Å². The normalized spacial score (nSPS) is 14.5. The number of hydrogen-bond donors (Lipinski definition) is 2. The maximum Gasteiger partial charge on any atom is 0.191 e. The maximum atomic E-state index is 5.48. The third-order valence-corrected chi connectivity index (χ3v) is 5.34. The van der Waals surface area contributed by atoms with Crippen molar-refractivity contribution in [3.63, 3.8) is 0 Å². The number of aromatic nitrogens is 1. The van der Waals surface area contributed by atoms with Crippen LogP contribution in [0.5, 0.6) is 11.5 Å². The molecule has 0 amide bonds. The van der Waals surface area contributed by atoms with E-state index in [1.54, 1.807) is 14.2 Å². The highest BCUT2D eigenvalue weighted by Crippen LogP contribution is 2.24. The van der Waals surface area contributed by atoms with Crippen LogP contribution in [0.15, 0.2) is 41.5 Å². The highest BCUT2D eigenvalue weighted by atomic mass is 127. The number of aliphatic imine (C=N–C) groups is 1. The fourth-order valence-electron chi connectivity index (χ4n) is 3.42. The molecule has 1 aliphatic heterocycles. The molecule has 2 aromatic rings. The average molecular weight is 554 g/mol. The first-order valence-corrected chi connectivity index (χ1v) is 10.7. The Hall–Kier alpha value is -2.27. The van der Waals surface area contributed by atoms with Crippen LogP contribution in [-0.4, -0.2) is 69.8 Å². The van der Waals surface area contributed by atoms with E-state index in [2.05, 4.69) is 51.5 Å². The summed E-state index contributed by atoms with van der Waals surface area (Å²) in [5, 5.41) is 6.66. The van der Waals surface area contributed by atoms with Crippen LogP contribution in [0.2, 0.25) is 0 Å². The number of benzene rings is 1. The van der Waals surface area contributed by atoms with Crippen molar-refractivity contribution in [2.45, 2.75) is 20.0 Å². The van der Waals surface area contributed by atoms with Gasteiger partial charge in [-0.2, -0.15) is 0 Å². The van der Waals surface area contributed by atoms with Crippen molar-refractivity contribution in [1.29, 1.82) is 0 Å². The van der Waals surface area contributed by atoms with E-state index in [4.69, 9.17) is 14.5 Å². The molecule has 0 radical (unpaired) electrons. The molecule has 32 heavy (non-hydrogen) atoms. The van der Waals surface area contributed by atoms with E-state index in [9.17, 15) is 0 Å². The van der Waals surface area contributed by atoms with Crippen LogP contribution in [-0.2, 0) is 13.1 Å². The van der Waals surface area contributed by atoms with Gasteiger partial charge in [0.2, 0.25) is 0 Å². The van der Waals surface area contributed by atoms with Crippen molar-refractivity contribution < 1.29 is 9.47 Å². The van der Waals surface area contributed by atoms with Gasteiger partial charge < -0.3 is 29.9 Å². The number of ether oxygens (including phenoxy) is 2. The van der Waals surface area contributed by atoms with Gasteiger partial charge in [0.15, 0.2) is 5.96 Å². The van der Waals surface area contributed by atoms with Crippen molar-refractivity contribution in [3.8, 4) is 11.5 Å². The van der Waals surface area contributed by atoms with Crippen molar-refractivity contribution in [3.05, 3.63) is 47.7 Å². The smallest absolute Gasteiger partial charge is 0.191 e. The Labute approximate surface area is 208 Å². The second-order valence-electron chi connectivity index (χ2n) is 7.54. The van der Waals surface area contributed by atoms with E-state index in [-0.39, 0.29) is 24.0 Å². The number of likely N-dealkylation sites (N-methyl/N-ethyl adjacent to an activating group) is 1. The van der Waals surface area contributed by atoms with Gasteiger partial charge in [0.05, 0.1) is 20.8 Å². The van der Waals surface area contributed by atoms with Gasteiger partial charge in [-0.3, -0.25) is 0 Å². The van der Waals surface area contributed by atoms with Crippen LogP contribution in [0, 0.1) is 0 Å². The lowest BCUT2D eigenvalue weighted by Crippen LogP contribution is -2.44. The number of guanidine groups is 1. The topological polar surface area (TPSA) is 74.3 Å². The Balaban J connectivity index is 0.00000363. The quantitative estimate of drug-likeness (QED) is 0.296. The Morgan fingerprint density at radius 3 is 2.47 bits per heavy atom. The number of piperazine rings is 1. The van der Waals surface area contributed by atoms with Gasteiger partial charge in [0.25, 0.3) is 0 Å². The van der Waals surface area contributed by atoms with Crippen LogP contribution < -0.4 is 25.0 Å². The van der Waals surface area contributed by atoms with E-state index in [1.807, 2.05) is 24.4 Å². The van der Waals surface area contributed by atoms with Gasteiger partial charge in [-0.05, 0) is 37.7 Å². The van der Waals surface area contributed by atoms with E-state index in [1.165, 1.54) is 0 Å². The number of nitrogens with one attached hydrogen (secondary N) is 2. The zero-order chi connectivity index (χ0) is 22.1. The summed E-state index contributed by atoms with van der Waals surface area (Å²) in [6.45, 7) is 8.18. The van der Waals surface area contributed by atoms with Gasteiger partial charge in [-0.25, -0.2) is 9.98 Å².